The summed E-state index contributed by atoms with van der Waals surface area (Å²) in [6.45, 7) is 0.625. The van der Waals surface area contributed by atoms with Crippen LogP contribution >= 0.6 is 27.5 Å². The van der Waals surface area contributed by atoms with E-state index in [1.165, 1.54) is 11.1 Å². The van der Waals surface area contributed by atoms with Crippen LogP contribution in [0.4, 0.5) is 13.2 Å². The summed E-state index contributed by atoms with van der Waals surface area (Å²) in [6, 6.07) is 1.66. The molecule has 1 fully saturated rings. The number of ether oxygens (including phenoxy) is 1. The Labute approximate surface area is 138 Å². The molecule has 1 aliphatic rings. The van der Waals surface area contributed by atoms with Crippen LogP contribution < -0.4 is 4.74 Å². The molecule has 1 atom stereocenters. The second-order valence-electron chi connectivity index (χ2n) is 4.93. The number of carbonyl (C=O) groups excluding carboxylic acids is 1. The Hall–Kier alpha value is -1.02. The zero-order valence-electron chi connectivity index (χ0n) is 11.4. The molecule has 0 N–H and O–H groups in total. The number of halogens is 5. The van der Waals surface area contributed by atoms with Crippen LogP contribution in [0.2, 0.25) is 5.15 Å². The summed E-state index contributed by atoms with van der Waals surface area (Å²) in [4.78, 5) is 17.0. The smallest absolute Gasteiger partial charge is 0.389 e. The molecule has 0 radical (unpaired) electrons. The fraction of sp³-hybridized carbons (Fsp3) is 0.538. The van der Waals surface area contributed by atoms with E-state index in [0.29, 0.717) is 23.2 Å². The van der Waals surface area contributed by atoms with Crippen molar-refractivity contribution in [1.82, 2.24) is 9.88 Å². The van der Waals surface area contributed by atoms with Crippen LogP contribution in [0.15, 0.2) is 16.7 Å². The molecule has 2 heterocycles. The molecule has 4 nitrogen and oxygen atoms in total. The summed E-state index contributed by atoms with van der Waals surface area (Å²) in [7, 11) is 0. The normalized spacial score (nSPS) is 18.6. The van der Waals surface area contributed by atoms with Crippen molar-refractivity contribution < 1.29 is 22.7 Å². The molecule has 0 aromatic carbocycles. The third-order valence-electron chi connectivity index (χ3n) is 3.19. The lowest BCUT2D eigenvalue weighted by Gasteiger charge is -2.18. The number of hydrogen-bond acceptors (Lipinski definition) is 3. The summed E-state index contributed by atoms with van der Waals surface area (Å²) < 4.78 is 42.8. The van der Waals surface area contributed by atoms with Gasteiger partial charge < -0.3 is 9.64 Å². The fourth-order valence-electron chi connectivity index (χ4n) is 2.12. The molecule has 2 rings (SSSR count). The first-order chi connectivity index (χ1) is 10.2. The third kappa shape index (κ3) is 5.01. The Morgan fingerprint density at radius 2 is 2.27 bits per heavy atom. The Balaban J connectivity index is 1.87. The van der Waals surface area contributed by atoms with E-state index in [4.69, 9.17) is 16.3 Å². The van der Waals surface area contributed by atoms with Gasteiger partial charge in [0.15, 0.2) is 10.9 Å². The maximum absolute atomic E-state index is 12.1. The quantitative estimate of drug-likeness (QED) is 0.721. The van der Waals surface area contributed by atoms with E-state index >= 15 is 0 Å². The van der Waals surface area contributed by atoms with Gasteiger partial charge in [0.25, 0.3) is 0 Å². The van der Waals surface area contributed by atoms with Gasteiger partial charge in [-0.1, -0.05) is 11.6 Å². The first-order valence-electron chi connectivity index (χ1n) is 6.57. The summed E-state index contributed by atoms with van der Waals surface area (Å²) in [6.07, 6.45) is -4.19. The van der Waals surface area contributed by atoms with Crippen LogP contribution in [0, 0.1) is 0 Å². The summed E-state index contributed by atoms with van der Waals surface area (Å²) in [5, 5.41) is 0.199. The maximum atomic E-state index is 12.1. The zero-order chi connectivity index (χ0) is 16.3. The maximum Gasteiger partial charge on any atom is 0.389 e. The van der Waals surface area contributed by atoms with E-state index in [1.54, 1.807) is 6.07 Å². The lowest BCUT2D eigenvalue weighted by Crippen LogP contribution is -2.31. The number of alkyl halides is 3. The van der Waals surface area contributed by atoms with Gasteiger partial charge in [-0.15, -0.1) is 0 Å². The Morgan fingerprint density at radius 1 is 1.55 bits per heavy atom. The SMILES string of the molecule is O=C(CCC(F)(F)F)N1CCC(Oc2cc(Br)cnc2Cl)C1. The van der Waals surface area contributed by atoms with Crippen LogP contribution in [-0.2, 0) is 4.79 Å². The van der Waals surface area contributed by atoms with Crippen LogP contribution in [0.25, 0.3) is 0 Å². The molecule has 1 aromatic heterocycles. The van der Waals surface area contributed by atoms with Crippen molar-refractivity contribution in [3.63, 3.8) is 0 Å². The monoisotopic (exact) mass is 400 g/mol. The summed E-state index contributed by atoms with van der Waals surface area (Å²) in [5.74, 6) is -0.132. The van der Waals surface area contributed by atoms with Gasteiger partial charge in [-0.2, -0.15) is 13.2 Å². The highest BCUT2D eigenvalue weighted by atomic mass is 79.9. The van der Waals surface area contributed by atoms with Crippen molar-refractivity contribution >= 4 is 33.4 Å². The lowest BCUT2D eigenvalue weighted by atomic mass is 10.3. The van der Waals surface area contributed by atoms with Crippen molar-refractivity contribution in [3.05, 3.63) is 21.9 Å². The molecule has 22 heavy (non-hydrogen) atoms. The van der Waals surface area contributed by atoms with Gasteiger partial charge in [0.05, 0.1) is 13.0 Å². The molecular weight excluding hydrogens is 389 g/mol. The van der Waals surface area contributed by atoms with Crippen molar-refractivity contribution in [2.24, 2.45) is 0 Å². The molecule has 1 unspecified atom stereocenters. The molecular formula is C13H13BrClF3N2O2. The molecule has 1 aliphatic heterocycles. The minimum atomic E-state index is -4.32. The number of amides is 1. The highest BCUT2D eigenvalue weighted by Gasteiger charge is 2.32. The molecule has 1 aromatic rings. The minimum absolute atomic E-state index is 0.199. The number of aromatic nitrogens is 1. The van der Waals surface area contributed by atoms with E-state index in [0.717, 1.165) is 0 Å². The molecule has 1 amide bonds. The number of pyridine rings is 1. The van der Waals surface area contributed by atoms with Gasteiger partial charge in [-0.3, -0.25) is 4.79 Å². The van der Waals surface area contributed by atoms with Gasteiger partial charge in [0.2, 0.25) is 5.91 Å². The predicted octanol–water partition coefficient (Wildman–Crippen LogP) is 3.82. The Bertz CT molecular complexity index is 557. The number of hydrogen-bond donors (Lipinski definition) is 0. The largest absolute Gasteiger partial charge is 0.485 e. The first-order valence-corrected chi connectivity index (χ1v) is 7.74. The van der Waals surface area contributed by atoms with Crippen molar-refractivity contribution in [2.45, 2.75) is 31.5 Å². The van der Waals surface area contributed by atoms with E-state index in [9.17, 15) is 18.0 Å². The molecule has 9 heteroatoms. The van der Waals surface area contributed by atoms with Crippen LogP contribution in [-0.4, -0.2) is 41.2 Å². The lowest BCUT2D eigenvalue weighted by molar-refractivity contribution is -0.148. The zero-order valence-corrected chi connectivity index (χ0v) is 13.7. The highest BCUT2D eigenvalue weighted by Crippen LogP contribution is 2.28. The predicted molar refractivity (Wildman–Crippen MR) is 77.8 cm³/mol. The van der Waals surface area contributed by atoms with Gasteiger partial charge in [0, 0.05) is 30.1 Å². The second kappa shape index (κ2) is 7.04. The fourth-order valence-corrected chi connectivity index (χ4v) is 2.58. The number of nitrogens with zero attached hydrogens (tertiary/aromatic N) is 2. The molecule has 0 spiro atoms. The minimum Gasteiger partial charge on any atom is -0.485 e. The van der Waals surface area contributed by atoms with Crippen LogP contribution in [0.3, 0.4) is 0 Å². The molecule has 0 bridgehead atoms. The standard InChI is InChI=1S/C13H13BrClF3N2O2/c14-8-5-10(12(15)19-6-8)22-9-2-4-20(7-9)11(21)1-3-13(16,17)18/h5-6,9H,1-4,7H2. The molecule has 0 saturated carbocycles. The van der Waals surface area contributed by atoms with E-state index in [-0.39, 0.29) is 17.8 Å². The molecule has 1 saturated heterocycles. The van der Waals surface area contributed by atoms with Crippen LogP contribution in [0.1, 0.15) is 19.3 Å². The summed E-state index contributed by atoms with van der Waals surface area (Å²) in [5.41, 5.74) is 0. The molecule has 0 aliphatic carbocycles. The van der Waals surface area contributed by atoms with E-state index < -0.39 is 24.9 Å². The van der Waals surface area contributed by atoms with E-state index in [2.05, 4.69) is 20.9 Å². The first kappa shape index (κ1) is 17.3. The van der Waals surface area contributed by atoms with Crippen LogP contribution in [0.5, 0.6) is 5.75 Å². The van der Waals surface area contributed by atoms with Gasteiger partial charge in [-0.05, 0) is 22.0 Å². The average Bonchev–Trinajstić information content (AvgIpc) is 2.88. The van der Waals surface area contributed by atoms with Crippen molar-refractivity contribution in [1.29, 1.82) is 0 Å². The topological polar surface area (TPSA) is 42.4 Å². The van der Waals surface area contributed by atoms with Crippen molar-refractivity contribution in [3.8, 4) is 5.75 Å². The Morgan fingerprint density at radius 3 is 2.95 bits per heavy atom. The number of carbonyl (C=O) groups is 1. The highest BCUT2D eigenvalue weighted by molar-refractivity contribution is 9.10. The van der Waals surface area contributed by atoms with Gasteiger partial charge in [0.1, 0.15) is 6.10 Å². The number of rotatable bonds is 4. The Kier molecular flexibility index (Phi) is 5.55. The third-order valence-corrected chi connectivity index (χ3v) is 3.90. The van der Waals surface area contributed by atoms with E-state index in [1.807, 2.05) is 0 Å². The summed E-state index contributed by atoms with van der Waals surface area (Å²) >= 11 is 9.16. The molecule has 122 valence electrons. The van der Waals surface area contributed by atoms with Gasteiger partial charge in [-0.25, -0.2) is 4.98 Å². The average molecular weight is 402 g/mol. The number of likely N-dealkylation sites (tertiary alicyclic amines) is 1. The van der Waals surface area contributed by atoms with Crippen molar-refractivity contribution in [2.75, 3.05) is 13.1 Å². The second-order valence-corrected chi connectivity index (χ2v) is 6.20. The van der Waals surface area contributed by atoms with Gasteiger partial charge >= 0.3 is 6.18 Å².